The first-order chi connectivity index (χ1) is 13.7. The molecule has 2 rings (SSSR count). The van der Waals surface area contributed by atoms with E-state index in [1.165, 1.54) is 6.07 Å². The summed E-state index contributed by atoms with van der Waals surface area (Å²) in [6.07, 6.45) is 2.81. The predicted octanol–water partition coefficient (Wildman–Crippen LogP) is 3.27. The molecular weight excluding hydrogens is 414 g/mol. The Morgan fingerprint density at radius 2 is 1.83 bits per heavy atom. The van der Waals surface area contributed by atoms with Crippen molar-refractivity contribution in [3.8, 4) is 0 Å². The van der Waals surface area contributed by atoms with E-state index < -0.39 is 22.5 Å². The second-order valence-corrected chi connectivity index (χ2v) is 8.80. The van der Waals surface area contributed by atoms with Crippen molar-refractivity contribution in [2.45, 2.75) is 19.8 Å². The lowest BCUT2D eigenvalue weighted by molar-refractivity contribution is -0.114. The maximum Gasteiger partial charge on any atom is 0.253 e. The molecule has 0 bridgehead atoms. The molecule has 2 aromatic rings. The summed E-state index contributed by atoms with van der Waals surface area (Å²) >= 11 is 5.95. The third kappa shape index (κ3) is 6.76. The van der Waals surface area contributed by atoms with Gasteiger partial charge < -0.3 is 10.6 Å². The average Bonchev–Trinajstić information content (AvgIpc) is 2.65. The van der Waals surface area contributed by atoms with Crippen LogP contribution in [0.25, 0.3) is 0 Å². The maximum atomic E-state index is 12.6. The maximum absolute atomic E-state index is 12.6. The van der Waals surface area contributed by atoms with Crippen molar-refractivity contribution in [2.24, 2.45) is 0 Å². The molecule has 0 aromatic heterocycles. The van der Waals surface area contributed by atoms with Crippen molar-refractivity contribution in [1.29, 1.82) is 0 Å². The number of unbranched alkanes of at least 4 members (excludes halogenated alkanes) is 1. The fourth-order valence-electron chi connectivity index (χ4n) is 2.62. The van der Waals surface area contributed by atoms with Gasteiger partial charge in [0.05, 0.1) is 23.2 Å². The minimum atomic E-state index is -3.73. The monoisotopic (exact) mass is 437 g/mol. The van der Waals surface area contributed by atoms with E-state index in [-0.39, 0.29) is 11.6 Å². The van der Waals surface area contributed by atoms with Crippen LogP contribution in [0, 0.1) is 0 Å². The number of carbonyl (C=O) groups is 2. The zero-order valence-corrected chi connectivity index (χ0v) is 17.9. The molecule has 29 heavy (non-hydrogen) atoms. The molecule has 0 radical (unpaired) electrons. The standard InChI is InChI=1S/C20H24ClN3O4S/c1-3-4-12-22-20(26)17-10-5-6-11-18(17)23-19(25)14-24(29(2,27)28)16-9-7-8-15(21)13-16/h5-11,13H,3-4,12,14H2,1-2H3,(H,22,26)(H,23,25). The van der Waals surface area contributed by atoms with E-state index in [2.05, 4.69) is 10.6 Å². The number of para-hydroxylation sites is 1. The number of hydrogen-bond donors (Lipinski definition) is 2. The summed E-state index contributed by atoms with van der Waals surface area (Å²) in [5, 5.41) is 5.78. The van der Waals surface area contributed by atoms with E-state index >= 15 is 0 Å². The second kappa shape index (κ2) is 10.3. The highest BCUT2D eigenvalue weighted by Crippen LogP contribution is 2.22. The van der Waals surface area contributed by atoms with Gasteiger partial charge in [-0.1, -0.05) is 43.1 Å². The molecule has 0 heterocycles. The van der Waals surface area contributed by atoms with Gasteiger partial charge in [0.2, 0.25) is 15.9 Å². The molecule has 0 saturated heterocycles. The second-order valence-electron chi connectivity index (χ2n) is 6.45. The van der Waals surface area contributed by atoms with Gasteiger partial charge in [0.1, 0.15) is 6.54 Å². The topological polar surface area (TPSA) is 95.6 Å². The first kappa shape index (κ1) is 22.7. The summed E-state index contributed by atoms with van der Waals surface area (Å²) in [6, 6.07) is 12.8. The lowest BCUT2D eigenvalue weighted by Crippen LogP contribution is -2.37. The molecular formula is C20H24ClN3O4S. The van der Waals surface area contributed by atoms with Crippen LogP contribution in [-0.4, -0.2) is 39.6 Å². The van der Waals surface area contributed by atoms with Crippen LogP contribution >= 0.6 is 11.6 Å². The molecule has 2 amide bonds. The smallest absolute Gasteiger partial charge is 0.253 e. The van der Waals surface area contributed by atoms with Crippen molar-refractivity contribution in [3.63, 3.8) is 0 Å². The van der Waals surface area contributed by atoms with Gasteiger partial charge >= 0.3 is 0 Å². The highest BCUT2D eigenvalue weighted by Gasteiger charge is 2.22. The molecule has 2 N–H and O–H groups in total. The lowest BCUT2D eigenvalue weighted by atomic mass is 10.1. The number of rotatable bonds is 9. The van der Waals surface area contributed by atoms with Gasteiger partial charge in [-0.25, -0.2) is 8.42 Å². The first-order valence-corrected chi connectivity index (χ1v) is 11.4. The van der Waals surface area contributed by atoms with Gasteiger partial charge in [-0.2, -0.15) is 0 Å². The molecule has 0 aliphatic rings. The predicted molar refractivity (Wildman–Crippen MR) is 116 cm³/mol. The number of nitrogens with one attached hydrogen (secondary N) is 2. The van der Waals surface area contributed by atoms with E-state index in [1.807, 2.05) is 6.92 Å². The molecule has 0 spiro atoms. The average molecular weight is 438 g/mol. The minimum absolute atomic E-state index is 0.278. The van der Waals surface area contributed by atoms with Crippen LogP contribution in [0.5, 0.6) is 0 Å². The van der Waals surface area contributed by atoms with Crippen LogP contribution in [0.2, 0.25) is 5.02 Å². The third-order valence-corrected chi connectivity index (χ3v) is 5.42. The quantitative estimate of drug-likeness (QED) is 0.588. The Morgan fingerprint density at radius 3 is 2.48 bits per heavy atom. The van der Waals surface area contributed by atoms with Crippen molar-refractivity contribution in [2.75, 3.05) is 29.0 Å². The Balaban J connectivity index is 2.18. The molecule has 156 valence electrons. The number of nitrogens with zero attached hydrogens (tertiary/aromatic N) is 1. The number of sulfonamides is 1. The van der Waals surface area contributed by atoms with Gasteiger partial charge in [-0.3, -0.25) is 13.9 Å². The molecule has 2 aromatic carbocycles. The number of hydrogen-bond acceptors (Lipinski definition) is 4. The van der Waals surface area contributed by atoms with Crippen LogP contribution in [0.1, 0.15) is 30.1 Å². The Bertz CT molecular complexity index is 979. The molecule has 0 aliphatic heterocycles. The minimum Gasteiger partial charge on any atom is -0.352 e. The highest BCUT2D eigenvalue weighted by molar-refractivity contribution is 7.92. The van der Waals surface area contributed by atoms with Crippen molar-refractivity contribution < 1.29 is 18.0 Å². The summed E-state index contributed by atoms with van der Waals surface area (Å²) in [5.74, 6) is -0.881. The van der Waals surface area contributed by atoms with Crippen LogP contribution in [0.3, 0.4) is 0 Å². The Labute approximate surface area is 176 Å². The largest absolute Gasteiger partial charge is 0.352 e. The molecule has 0 unspecified atom stereocenters. The fraction of sp³-hybridized carbons (Fsp3) is 0.300. The SMILES string of the molecule is CCCCNC(=O)c1ccccc1NC(=O)CN(c1cccc(Cl)c1)S(C)(=O)=O. The molecule has 0 fully saturated rings. The van der Waals surface area contributed by atoms with Crippen LogP contribution in [0.4, 0.5) is 11.4 Å². The molecule has 7 nitrogen and oxygen atoms in total. The Hall–Kier alpha value is -2.58. The van der Waals surface area contributed by atoms with E-state index in [0.717, 1.165) is 23.4 Å². The normalized spacial score (nSPS) is 11.0. The summed E-state index contributed by atoms with van der Waals surface area (Å²) < 4.78 is 25.3. The van der Waals surface area contributed by atoms with Crippen molar-refractivity contribution >= 4 is 44.8 Å². The summed E-state index contributed by atoms with van der Waals surface area (Å²) in [6.45, 7) is 2.10. The zero-order chi connectivity index (χ0) is 21.4. The number of carbonyl (C=O) groups excluding carboxylic acids is 2. The number of halogens is 1. The van der Waals surface area contributed by atoms with E-state index in [4.69, 9.17) is 11.6 Å². The van der Waals surface area contributed by atoms with Crippen LogP contribution < -0.4 is 14.9 Å². The van der Waals surface area contributed by atoms with Crippen LogP contribution in [-0.2, 0) is 14.8 Å². The Kier molecular flexibility index (Phi) is 8.04. The summed E-state index contributed by atoms with van der Waals surface area (Å²) in [5.41, 5.74) is 0.900. The third-order valence-electron chi connectivity index (χ3n) is 4.05. The number of anilines is 2. The Morgan fingerprint density at radius 1 is 1.10 bits per heavy atom. The van der Waals surface area contributed by atoms with E-state index in [1.54, 1.807) is 42.5 Å². The van der Waals surface area contributed by atoms with Gasteiger partial charge in [0, 0.05) is 11.6 Å². The number of benzene rings is 2. The van der Waals surface area contributed by atoms with Crippen molar-refractivity contribution in [1.82, 2.24) is 5.32 Å². The van der Waals surface area contributed by atoms with Crippen LogP contribution in [0.15, 0.2) is 48.5 Å². The van der Waals surface area contributed by atoms with Gasteiger partial charge in [-0.15, -0.1) is 0 Å². The summed E-state index contributed by atoms with van der Waals surface area (Å²) in [7, 11) is -3.73. The molecule has 9 heteroatoms. The van der Waals surface area contributed by atoms with E-state index in [9.17, 15) is 18.0 Å². The molecule has 0 aliphatic carbocycles. The van der Waals surface area contributed by atoms with Crippen molar-refractivity contribution in [3.05, 3.63) is 59.1 Å². The van der Waals surface area contributed by atoms with Gasteiger partial charge in [0.15, 0.2) is 0 Å². The summed E-state index contributed by atoms with van der Waals surface area (Å²) in [4.78, 5) is 25.0. The molecule has 0 atom stereocenters. The zero-order valence-electron chi connectivity index (χ0n) is 16.3. The lowest BCUT2D eigenvalue weighted by Gasteiger charge is -2.22. The number of amides is 2. The fourth-order valence-corrected chi connectivity index (χ4v) is 3.65. The highest BCUT2D eigenvalue weighted by atomic mass is 35.5. The van der Waals surface area contributed by atoms with E-state index in [0.29, 0.717) is 22.8 Å². The van der Waals surface area contributed by atoms with Gasteiger partial charge in [0.25, 0.3) is 5.91 Å². The molecule has 0 saturated carbocycles. The van der Waals surface area contributed by atoms with Gasteiger partial charge in [-0.05, 0) is 36.8 Å². The first-order valence-electron chi connectivity index (χ1n) is 9.12.